The summed E-state index contributed by atoms with van der Waals surface area (Å²) in [6.07, 6.45) is 1.89. The molecular weight excluding hydrogens is 266 g/mol. The summed E-state index contributed by atoms with van der Waals surface area (Å²) in [6, 6.07) is 8.31. The van der Waals surface area contributed by atoms with Gasteiger partial charge in [-0.15, -0.1) is 0 Å². The normalized spacial score (nSPS) is 19.9. The highest BCUT2D eigenvalue weighted by Gasteiger charge is 2.16. The lowest BCUT2D eigenvalue weighted by molar-refractivity contribution is -0.0137. The topological polar surface area (TPSA) is 50.7 Å². The van der Waals surface area contributed by atoms with Gasteiger partial charge in [0.25, 0.3) is 0 Å². The van der Waals surface area contributed by atoms with Gasteiger partial charge in [0, 0.05) is 18.8 Å². The standard InChI is InChI=1S/C17H27NO3/c1-13(2)14-5-3-6-15(9-14)18-10-16(19)11-20-12-17-7-4-8-21-17/h3,5-6,9,13,16-19H,4,7-8,10-12H2,1-2H3. The van der Waals surface area contributed by atoms with Crippen molar-refractivity contribution in [3.05, 3.63) is 29.8 Å². The monoisotopic (exact) mass is 293 g/mol. The Morgan fingerprint density at radius 1 is 1.43 bits per heavy atom. The van der Waals surface area contributed by atoms with E-state index in [1.54, 1.807) is 0 Å². The SMILES string of the molecule is CC(C)c1cccc(NCC(O)COCC2CCCO2)c1. The second kappa shape index (κ2) is 8.37. The lowest BCUT2D eigenvalue weighted by atomic mass is 10.0. The Labute approximate surface area is 127 Å². The number of hydrogen-bond acceptors (Lipinski definition) is 4. The van der Waals surface area contributed by atoms with Gasteiger partial charge >= 0.3 is 0 Å². The van der Waals surface area contributed by atoms with Gasteiger partial charge in [0.2, 0.25) is 0 Å². The Morgan fingerprint density at radius 2 is 2.29 bits per heavy atom. The molecule has 0 aromatic heterocycles. The van der Waals surface area contributed by atoms with Crippen LogP contribution >= 0.6 is 0 Å². The van der Waals surface area contributed by atoms with Crippen LogP contribution in [-0.4, -0.2) is 43.7 Å². The third-order valence-electron chi connectivity index (χ3n) is 3.73. The van der Waals surface area contributed by atoms with Crippen LogP contribution in [0.2, 0.25) is 0 Å². The maximum absolute atomic E-state index is 9.93. The molecule has 2 unspecified atom stereocenters. The highest BCUT2D eigenvalue weighted by atomic mass is 16.5. The molecule has 2 atom stereocenters. The molecule has 21 heavy (non-hydrogen) atoms. The highest BCUT2D eigenvalue weighted by Crippen LogP contribution is 2.18. The first kappa shape index (κ1) is 16.3. The summed E-state index contributed by atoms with van der Waals surface area (Å²) in [5, 5.41) is 13.2. The van der Waals surface area contributed by atoms with Crippen molar-refractivity contribution in [1.82, 2.24) is 0 Å². The van der Waals surface area contributed by atoms with Crippen LogP contribution in [0.4, 0.5) is 5.69 Å². The van der Waals surface area contributed by atoms with Gasteiger partial charge in [-0.2, -0.15) is 0 Å². The molecule has 0 spiro atoms. The summed E-state index contributed by atoms with van der Waals surface area (Å²) in [4.78, 5) is 0. The predicted molar refractivity (Wildman–Crippen MR) is 84.8 cm³/mol. The summed E-state index contributed by atoms with van der Waals surface area (Å²) >= 11 is 0. The molecule has 0 radical (unpaired) electrons. The van der Waals surface area contributed by atoms with Crippen molar-refractivity contribution in [1.29, 1.82) is 0 Å². The van der Waals surface area contributed by atoms with Gasteiger partial charge in [-0.1, -0.05) is 26.0 Å². The second-order valence-corrected chi connectivity index (χ2v) is 5.99. The van der Waals surface area contributed by atoms with E-state index in [1.165, 1.54) is 5.56 Å². The minimum absolute atomic E-state index is 0.216. The first-order valence-corrected chi connectivity index (χ1v) is 7.86. The molecule has 0 bridgehead atoms. The van der Waals surface area contributed by atoms with Crippen LogP contribution in [0.25, 0.3) is 0 Å². The van der Waals surface area contributed by atoms with E-state index >= 15 is 0 Å². The average Bonchev–Trinajstić information content (AvgIpc) is 2.99. The molecule has 1 aliphatic rings. The zero-order chi connectivity index (χ0) is 15.1. The highest BCUT2D eigenvalue weighted by molar-refractivity contribution is 5.46. The van der Waals surface area contributed by atoms with E-state index in [0.29, 0.717) is 25.7 Å². The zero-order valence-corrected chi connectivity index (χ0v) is 13.0. The fourth-order valence-electron chi connectivity index (χ4n) is 2.41. The number of nitrogens with one attached hydrogen (secondary N) is 1. The number of hydrogen-bond donors (Lipinski definition) is 2. The maximum atomic E-state index is 9.93. The zero-order valence-electron chi connectivity index (χ0n) is 13.0. The summed E-state index contributed by atoms with van der Waals surface area (Å²) in [5.41, 5.74) is 2.34. The van der Waals surface area contributed by atoms with Crippen LogP contribution in [0.1, 0.15) is 38.2 Å². The molecule has 118 valence electrons. The van der Waals surface area contributed by atoms with Gasteiger partial charge in [0.1, 0.15) is 0 Å². The lowest BCUT2D eigenvalue weighted by Crippen LogP contribution is -2.27. The molecule has 1 fully saturated rings. The van der Waals surface area contributed by atoms with E-state index in [-0.39, 0.29) is 6.10 Å². The molecule has 4 heteroatoms. The van der Waals surface area contributed by atoms with Crippen molar-refractivity contribution in [3.63, 3.8) is 0 Å². The quantitative estimate of drug-likeness (QED) is 0.774. The average molecular weight is 293 g/mol. The molecule has 0 amide bonds. The molecular formula is C17H27NO3. The van der Waals surface area contributed by atoms with E-state index in [2.05, 4.69) is 31.3 Å². The van der Waals surface area contributed by atoms with Crippen LogP contribution in [0.3, 0.4) is 0 Å². The van der Waals surface area contributed by atoms with Gasteiger partial charge in [-0.25, -0.2) is 0 Å². The van der Waals surface area contributed by atoms with E-state index < -0.39 is 6.10 Å². The van der Waals surface area contributed by atoms with E-state index in [4.69, 9.17) is 9.47 Å². The smallest absolute Gasteiger partial charge is 0.0945 e. The predicted octanol–water partition coefficient (Wildman–Crippen LogP) is 2.78. The molecule has 4 nitrogen and oxygen atoms in total. The van der Waals surface area contributed by atoms with E-state index in [0.717, 1.165) is 25.1 Å². The molecule has 2 N–H and O–H groups in total. The summed E-state index contributed by atoms with van der Waals surface area (Å²) in [6.45, 7) is 6.60. The molecule has 1 saturated heterocycles. The fourth-order valence-corrected chi connectivity index (χ4v) is 2.41. The maximum Gasteiger partial charge on any atom is 0.0945 e. The Bertz CT molecular complexity index is 416. The number of ether oxygens (including phenoxy) is 2. The number of benzene rings is 1. The van der Waals surface area contributed by atoms with Crippen molar-refractivity contribution in [2.24, 2.45) is 0 Å². The second-order valence-electron chi connectivity index (χ2n) is 5.99. The number of aliphatic hydroxyl groups is 1. The number of aliphatic hydroxyl groups excluding tert-OH is 1. The van der Waals surface area contributed by atoms with Crippen molar-refractivity contribution >= 4 is 5.69 Å². The fraction of sp³-hybridized carbons (Fsp3) is 0.647. The van der Waals surface area contributed by atoms with Crippen molar-refractivity contribution in [2.45, 2.75) is 44.8 Å². The van der Waals surface area contributed by atoms with Gasteiger partial charge < -0.3 is 19.9 Å². The molecule has 1 aromatic rings. The Hall–Kier alpha value is -1.10. The molecule has 0 aliphatic carbocycles. The van der Waals surface area contributed by atoms with Crippen LogP contribution in [0.15, 0.2) is 24.3 Å². The first-order valence-electron chi connectivity index (χ1n) is 7.86. The molecule has 1 aliphatic heterocycles. The van der Waals surface area contributed by atoms with E-state index in [9.17, 15) is 5.11 Å². The third-order valence-corrected chi connectivity index (χ3v) is 3.73. The van der Waals surface area contributed by atoms with Crippen LogP contribution in [-0.2, 0) is 9.47 Å². The Balaban J connectivity index is 1.65. The third kappa shape index (κ3) is 5.65. The van der Waals surface area contributed by atoms with Gasteiger partial charge in [0.05, 0.1) is 25.4 Å². The van der Waals surface area contributed by atoms with E-state index in [1.807, 2.05) is 12.1 Å². The van der Waals surface area contributed by atoms with Crippen LogP contribution in [0.5, 0.6) is 0 Å². The molecule has 0 saturated carbocycles. The lowest BCUT2D eigenvalue weighted by Gasteiger charge is -2.16. The molecule has 1 aromatic carbocycles. The molecule has 1 heterocycles. The summed E-state index contributed by atoms with van der Waals surface area (Å²) < 4.78 is 11.0. The molecule has 2 rings (SSSR count). The summed E-state index contributed by atoms with van der Waals surface area (Å²) in [7, 11) is 0. The van der Waals surface area contributed by atoms with Crippen molar-refractivity contribution in [3.8, 4) is 0 Å². The van der Waals surface area contributed by atoms with Gasteiger partial charge in [-0.05, 0) is 36.5 Å². The van der Waals surface area contributed by atoms with Gasteiger partial charge in [0.15, 0.2) is 0 Å². The Morgan fingerprint density at radius 3 is 3.00 bits per heavy atom. The largest absolute Gasteiger partial charge is 0.389 e. The minimum atomic E-state index is -0.505. The van der Waals surface area contributed by atoms with Crippen molar-refractivity contribution < 1.29 is 14.6 Å². The number of rotatable bonds is 8. The summed E-state index contributed by atoms with van der Waals surface area (Å²) in [5.74, 6) is 0.506. The first-order chi connectivity index (χ1) is 10.1. The van der Waals surface area contributed by atoms with Crippen molar-refractivity contribution in [2.75, 3.05) is 31.7 Å². The number of anilines is 1. The minimum Gasteiger partial charge on any atom is -0.389 e. The Kier molecular flexibility index (Phi) is 6.49. The van der Waals surface area contributed by atoms with Crippen LogP contribution < -0.4 is 5.32 Å². The van der Waals surface area contributed by atoms with Crippen LogP contribution in [0, 0.1) is 0 Å². The van der Waals surface area contributed by atoms with Gasteiger partial charge in [-0.3, -0.25) is 0 Å².